The molecule has 6 nitrogen and oxygen atoms in total. The molecule has 0 unspecified atom stereocenters. The summed E-state index contributed by atoms with van der Waals surface area (Å²) in [6, 6.07) is 10.5. The van der Waals surface area contributed by atoms with Gasteiger partial charge in [-0.1, -0.05) is 18.2 Å². The average molecular weight is 489 g/mol. The van der Waals surface area contributed by atoms with E-state index in [0.29, 0.717) is 11.5 Å². The molecule has 9 heteroatoms. The number of aromatic nitrogens is 2. The van der Waals surface area contributed by atoms with Crippen molar-refractivity contribution < 1.29 is 8.42 Å². The minimum atomic E-state index is -2.85. The summed E-state index contributed by atoms with van der Waals surface area (Å²) in [5.41, 5.74) is 1.27. The van der Waals surface area contributed by atoms with Crippen LogP contribution >= 0.6 is 23.1 Å². The molecule has 0 radical (unpaired) electrons. The average Bonchev–Trinajstić information content (AvgIpc) is 3.31. The van der Waals surface area contributed by atoms with Crippen molar-refractivity contribution >= 4 is 49.0 Å². The molecule has 170 valence electrons. The molecule has 1 aromatic carbocycles. The van der Waals surface area contributed by atoms with Crippen molar-refractivity contribution in [1.82, 2.24) is 14.9 Å². The molecular formula is C23H28N4O2S3. The third-order valence-electron chi connectivity index (χ3n) is 6.51. The van der Waals surface area contributed by atoms with Crippen LogP contribution in [0.3, 0.4) is 0 Å². The number of hydrogen-bond donors (Lipinski definition) is 0. The minimum Gasteiger partial charge on any atom is -0.353 e. The van der Waals surface area contributed by atoms with Crippen molar-refractivity contribution in [2.75, 3.05) is 42.6 Å². The van der Waals surface area contributed by atoms with E-state index < -0.39 is 9.84 Å². The number of sulfone groups is 1. The first-order valence-corrected chi connectivity index (χ1v) is 14.7. The first-order valence-electron chi connectivity index (χ1n) is 11.0. The number of benzene rings is 1. The van der Waals surface area contributed by atoms with Crippen LogP contribution in [0.25, 0.3) is 10.2 Å². The van der Waals surface area contributed by atoms with E-state index >= 15 is 0 Å². The molecule has 0 aliphatic carbocycles. The lowest BCUT2D eigenvalue weighted by molar-refractivity contribution is 0.200. The normalized spacial score (nSPS) is 21.4. The van der Waals surface area contributed by atoms with Crippen molar-refractivity contribution in [3.63, 3.8) is 0 Å². The van der Waals surface area contributed by atoms with Crippen LogP contribution in [-0.4, -0.2) is 67.0 Å². The molecule has 0 saturated carbocycles. The molecule has 4 heterocycles. The van der Waals surface area contributed by atoms with E-state index in [4.69, 9.17) is 9.97 Å². The number of thioether (sulfide) groups is 1. The number of fused-ring (bicyclic) bond motifs is 1. The summed E-state index contributed by atoms with van der Waals surface area (Å²) in [6.07, 6.45) is 0.768. The van der Waals surface area contributed by atoms with Gasteiger partial charge in [-0.25, -0.2) is 18.4 Å². The Morgan fingerprint density at radius 3 is 2.53 bits per heavy atom. The Balaban J connectivity index is 1.37. The summed E-state index contributed by atoms with van der Waals surface area (Å²) in [6.45, 7) is 7.80. The highest BCUT2D eigenvalue weighted by molar-refractivity contribution is 7.98. The lowest BCUT2D eigenvalue weighted by Gasteiger charge is -2.38. The highest BCUT2D eigenvalue weighted by atomic mass is 32.2. The zero-order chi connectivity index (χ0) is 22.3. The van der Waals surface area contributed by atoms with E-state index in [1.165, 1.54) is 20.7 Å². The molecule has 32 heavy (non-hydrogen) atoms. The lowest BCUT2D eigenvalue weighted by atomic mass is 10.1. The van der Waals surface area contributed by atoms with Gasteiger partial charge in [-0.2, -0.15) is 0 Å². The van der Waals surface area contributed by atoms with Crippen LogP contribution in [0, 0.1) is 13.8 Å². The molecule has 2 aliphatic heterocycles. The number of anilines is 1. The fraction of sp³-hybridized carbons (Fsp3) is 0.478. The Hall–Kier alpha value is -1.68. The number of piperazine rings is 1. The Morgan fingerprint density at radius 1 is 1.09 bits per heavy atom. The van der Waals surface area contributed by atoms with Gasteiger partial charge in [-0.15, -0.1) is 23.1 Å². The molecular weight excluding hydrogens is 460 g/mol. The quantitative estimate of drug-likeness (QED) is 0.505. The van der Waals surface area contributed by atoms with E-state index in [1.54, 1.807) is 23.1 Å². The number of nitrogens with zero attached hydrogens (tertiary/aromatic N) is 4. The summed E-state index contributed by atoms with van der Waals surface area (Å²) < 4.78 is 23.8. The van der Waals surface area contributed by atoms with Crippen LogP contribution in [-0.2, 0) is 15.6 Å². The SMILES string of the molecule is Cc1sc2nc(CSc3ccccc3)nc(N3CCN([C@@H]4CCS(=O)(=O)C4)CC3)c2c1C. The third-order valence-corrected chi connectivity index (χ3v) is 10.4. The summed E-state index contributed by atoms with van der Waals surface area (Å²) in [5.74, 6) is 3.29. The van der Waals surface area contributed by atoms with Crippen molar-refractivity contribution in [2.45, 2.75) is 37.0 Å². The standard InChI is InChI=1S/C23H28N4O2S3/c1-16-17(2)31-23-21(16)22(24-20(25-23)14-30-19-6-4-3-5-7-19)27-11-9-26(10-12-27)18-8-13-32(28,29)15-18/h3-7,18H,8-15H2,1-2H3/t18-/m1/s1. The topological polar surface area (TPSA) is 66.4 Å². The molecule has 2 aromatic heterocycles. The zero-order valence-corrected chi connectivity index (χ0v) is 20.9. The van der Waals surface area contributed by atoms with Gasteiger partial charge in [0.2, 0.25) is 0 Å². The molecule has 2 saturated heterocycles. The fourth-order valence-corrected chi connectivity index (χ4v) is 8.17. The maximum atomic E-state index is 11.9. The highest BCUT2D eigenvalue weighted by Crippen LogP contribution is 2.36. The Morgan fingerprint density at radius 2 is 1.84 bits per heavy atom. The second-order valence-electron chi connectivity index (χ2n) is 8.61. The van der Waals surface area contributed by atoms with Gasteiger partial charge in [0.25, 0.3) is 0 Å². The largest absolute Gasteiger partial charge is 0.353 e. The van der Waals surface area contributed by atoms with E-state index in [1.807, 2.05) is 6.07 Å². The molecule has 3 aromatic rings. The second kappa shape index (κ2) is 8.93. The predicted molar refractivity (Wildman–Crippen MR) is 134 cm³/mol. The second-order valence-corrected chi connectivity index (χ2v) is 13.1. The summed E-state index contributed by atoms with van der Waals surface area (Å²) >= 11 is 3.51. The van der Waals surface area contributed by atoms with Crippen LogP contribution < -0.4 is 4.90 Å². The first-order chi connectivity index (χ1) is 15.4. The van der Waals surface area contributed by atoms with Crippen LogP contribution in [0.1, 0.15) is 22.7 Å². The summed E-state index contributed by atoms with van der Waals surface area (Å²) in [7, 11) is -2.85. The molecule has 0 amide bonds. The van der Waals surface area contributed by atoms with Gasteiger partial charge in [0.15, 0.2) is 9.84 Å². The van der Waals surface area contributed by atoms with Crippen LogP contribution in [0.5, 0.6) is 0 Å². The summed E-state index contributed by atoms with van der Waals surface area (Å²) in [4.78, 5) is 18.3. The maximum Gasteiger partial charge on any atom is 0.151 e. The predicted octanol–water partition coefficient (Wildman–Crippen LogP) is 3.91. The number of hydrogen-bond acceptors (Lipinski definition) is 8. The smallest absolute Gasteiger partial charge is 0.151 e. The van der Waals surface area contributed by atoms with E-state index in [0.717, 1.165) is 54.8 Å². The van der Waals surface area contributed by atoms with Crippen molar-refractivity contribution in [3.05, 3.63) is 46.6 Å². The van der Waals surface area contributed by atoms with Gasteiger partial charge in [0.1, 0.15) is 16.5 Å². The van der Waals surface area contributed by atoms with E-state index in [2.05, 4.69) is 47.9 Å². The first kappa shape index (κ1) is 22.1. The van der Waals surface area contributed by atoms with E-state index in [9.17, 15) is 8.42 Å². The third kappa shape index (κ3) is 4.53. The minimum absolute atomic E-state index is 0.176. The van der Waals surface area contributed by atoms with Crippen molar-refractivity contribution in [1.29, 1.82) is 0 Å². The maximum absolute atomic E-state index is 11.9. The number of thiophene rings is 1. The van der Waals surface area contributed by atoms with Crippen LogP contribution in [0.15, 0.2) is 35.2 Å². The van der Waals surface area contributed by atoms with Crippen LogP contribution in [0.4, 0.5) is 5.82 Å². The number of rotatable bonds is 5. The molecule has 5 rings (SSSR count). The zero-order valence-electron chi connectivity index (χ0n) is 18.5. The van der Waals surface area contributed by atoms with Crippen LogP contribution in [0.2, 0.25) is 0 Å². The fourth-order valence-electron chi connectivity index (χ4n) is 4.59. The van der Waals surface area contributed by atoms with Gasteiger partial charge in [-0.3, -0.25) is 4.90 Å². The summed E-state index contributed by atoms with van der Waals surface area (Å²) in [5, 5.41) is 1.18. The Bertz CT molecular complexity index is 1220. The van der Waals surface area contributed by atoms with E-state index in [-0.39, 0.29) is 6.04 Å². The highest BCUT2D eigenvalue weighted by Gasteiger charge is 2.34. The van der Waals surface area contributed by atoms with Gasteiger partial charge >= 0.3 is 0 Å². The van der Waals surface area contributed by atoms with Crippen molar-refractivity contribution in [3.8, 4) is 0 Å². The molecule has 0 N–H and O–H groups in total. The Kier molecular flexibility index (Phi) is 6.17. The number of aryl methyl sites for hydroxylation is 2. The molecule has 2 aliphatic rings. The van der Waals surface area contributed by atoms with Gasteiger partial charge in [0.05, 0.1) is 22.6 Å². The molecule has 1 atom stereocenters. The van der Waals surface area contributed by atoms with Gasteiger partial charge in [-0.05, 0) is 38.0 Å². The van der Waals surface area contributed by atoms with Crippen molar-refractivity contribution in [2.24, 2.45) is 0 Å². The molecule has 2 fully saturated rings. The molecule has 0 bridgehead atoms. The van der Waals surface area contributed by atoms with Gasteiger partial charge in [0, 0.05) is 42.0 Å². The Labute approximate surface area is 198 Å². The lowest BCUT2D eigenvalue weighted by Crippen LogP contribution is -2.51. The molecule has 0 spiro atoms. The monoisotopic (exact) mass is 488 g/mol. The van der Waals surface area contributed by atoms with Gasteiger partial charge < -0.3 is 4.90 Å².